The molecule has 0 bridgehead atoms. The second-order valence-corrected chi connectivity index (χ2v) is 8.04. The highest BCUT2D eigenvalue weighted by Gasteiger charge is 2.29. The molecule has 0 radical (unpaired) electrons. The van der Waals surface area contributed by atoms with E-state index in [0.717, 1.165) is 22.6 Å². The van der Waals surface area contributed by atoms with E-state index < -0.39 is 6.10 Å². The van der Waals surface area contributed by atoms with Crippen LogP contribution in [0.3, 0.4) is 0 Å². The highest BCUT2D eigenvalue weighted by Crippen LogP contribution is 2.30. The molecule has 2 aromatic heterocycles. The molecule has 1 saturated carbocycles. The van der Waals surface area contributed by atoms with Crippen molar-refractivity contribution in [1.29, 1.82) is 0 Å². The number of carbonyl (C=O) groups excluding carboxylic acids is 1. The van der Waals surface area contributed by atoms with Crippen LogP contribution in [0.2, 0.25) is 5.02 Å². The van der Waals surface area contributed by atoms with E-state index in [2.05, 4.69) is 15.5 Å². The number of amides is 1. The number of rotatable bonds is 7. The van der Waals surface area contributed by atoms with Crippen molar-refractivity contribution >= 4 is 28.8 Å². The number of carbonyl (C=O) groups is 1. The number of aromatic nitrogens is 2. The highest BCUT2D eigenvalue weighted by atomic mass is 35.5. The summed E-state index contributed by atoms with van der Waals surface area (Å²) >= 11 is 7.50. The lowest BCUT2D eigenvalue weighted by atomic mass is 10.3. The molecule has 0 saturated heterocycles. The summed E-state index contributed by atoms with van der Waals surface area (Å²) < 4.78 is 11.2. The maximum absolute atomic E-state index is 11.7. The maximum atomic E-state index is 11.7. The predicted molar refractivity (Wildman–Crippen MR) is 103 cm³/mol. The number of ether oxygens (including phenoxy) is 1. The number of hydrogen-bond acceptors (Lipinski definition) is 6. The second kappa shape index (κ2) is 7.70. The van der Waals surface area contributed by atoms with Gasteiger partial charge < -0.3 is 14.6 Å². The van der Waals surface area contributed by atoms with Crippen molar-refractivity contribution in [2.75, 3.05) is 0 Å². The van der Waals surface area contributed by atoms with Gasteiger partial charge in [0.2, 0.25) is 11.7 Å². The van der Waals surface area contributed by atoms with Gasteiger partial charge in [-0.1, -0.05) is 22.8 Å². The second-order valence-electron chi connectivity index (χ2n) is 6.43. The number of halogens is 1. The monoisotopic (exact) mass is 403 g/mol. The smallest absolute Gasteiger partial charge is 0.267 e. The molecule has 2 heterocycles. The molecule has 140 valence electrons. The summed E-state index contributed by atoms with van der Waals surface area (Å²) in [5, 5.41) is 7.60. The average molecular weight is 404 g/mol. The van der Waals surface area contributed by atoms with Crippen LogP contribution in [0.15, 0.2) is 40.9 Å². The van der Waals surface area contributed by atoms with E-state index in [1.165, 1.54) is 11.3 Å². The molecule has 1 aliphatic rings. The molecule has 1 amide bonds. The first-order valence-corrected chi connectivity index (χ1v) is 9.90. The number of thiophene rings is 1. The van der Waals surface area contributed by atoms with Crippen LogP contribution >= 0.6 is 22.9 Å². The first-order chi connectivity index (χ1) is 13.1. The zero-order valence-electron chi connectivity index (χ0n) is 14.6. The Balaban J connectivity index is 1.39. The van der Waals surface area contributed by atoms with Gasteiger partial charge in [0, 0.05) is 15.8 Å². The van der Waals surface area contributed by atoms with Gasteiger partial charge in [-0.25, -0.2) is 0 Å². The fourth-order valence-corrected chi connectivity index (χ4v) is 3.61. The number of hydrogen-bond donors (Lipinski definition) is 1. The molecule has 1 N–H and O–H groups in total. The van der Waals surface area contributed by atoms with Gasteiger partial charge in [-0.3, -0.25) is 4.79 Å². The Hall–Kier alpha value is -2.38. The third-order valence-corrected chi connectivity index (χ3v) is 5.48. The Kier molecular flexibility index (Phi) is 5.13. The van der Waals surface area contributed by atoms with Gasteiger partial charge in [-0.15, -0.1) is 11.3 Å². The van der Waals surface area contributed by atoms with E-state index in [-0.39, 0.29) is 11.8 Å². The molecule has 0 unspecified atom stereocenters. The number of nitrogens with one attached hydrogen (secondary N) is 1. The van der Waals surface area contributed by atoms with Crippen molar-refractivity contribution in [2.45, 2.75) is 32.4 Å². The third kappa shape index (κ3) is 4.48. The minimum Gasteiger partial charge on any atom is -0.481 e. The maximum Gasteiger partial charge on any atom is 0.267 e. The lowest BCUT2D eigenvalue weighted by Gasteiger charge is -2.10. The fourth-order valence-electron chi connectivity index (χ4n) is 2.55. The fraction of sp³-hybridized carbons (Fsp3) is 0.316. The Labute approximate surface area is 165 Å². The van der Waals surface area contributed by atoms with Gasteiger partial charge in [0.15, 0.2) is 6.10 Å². The molecule has 1 aliphatic carbocycles. The van der Waals surface area contributed by atoms with Crippen molar-refractivity contribution in [1.82, 2.24) is 15.5 Å². The van der Waals surface area contributed by atoms with Crippen LogP contribution in [0.4, 0.5) is 0 Å². The Bertz CT molecular complexity index is 951. The van der Waals surface area contributed by atoms with Gasteiger partial charge in [0.05, 0.1) is 11.4 Å². The zero-order valence-corrected chi connectivity index (χ0v) is 16.2. The Morgan fingerprint density at radius 3 is 3.04 bits per heavy atom. The summed E-state index contributed by atoms with van der Waals surface area (Å²) in [6.07, 6.45) is 1.60. The van der Waals surface area contributed by atoms with E-state index in [0.29, 0.717) is 29.0 Å². The summed E-state index contributed by atoms with van der Waals surface area (Å²) in [7, 11) is 0. The standard InChI is InChI=1S/C19H18ClN3O3S/c1-11(25-14-4-2-3-13(20)9-14)19-22-17(23-26-19)16-8-7-15(27-16)10-21-18(24)12-5-6-12/h2-4,7-9,11-12H,5-6,10H2,1H3,(H,21,24)/t11-/m1/s1. The molecule has 8 heteroatoms. The molecule has 3 aromatic rings. The summed E-state index contributed by atoms with van der Waals surface area (Å²) in [6, 6.07) is 11.1. The van der Waals surface area contributed by atoms with Crippen LogP contribution in [0.5, 0.6) is 5.75 Å². The van der Waals surface area contributed by atoms with Crippen LogP contribution in [-0.4, -0.2) is 16.0 Å². The molecule has 27 heavy (non-hydrogen) atoms. The minimum absolute atomic E-state index is 0.138. The predicted octanol–water partition coefficient (Wildman–Crippen LogP) is 4.62. The SMILES string of the molecule is C[C@@H](Oc1cccc(Cl)c1)c1nc(-c2ccc(CNC(=O)C3CC3)s2)no1. The van der Waals surface area contributed by atoms with Gasteiger partial charge in [-0.2, -0.15) is 4.98 Å². The van der Waals surface area contributed by atoms with Gasteiger partial charge >= 0.3 is 0 Å². The largest absolute Gasteiger partial charge is 0.481 e. The quantitative estimate of drug-likeness (QED) is 0.622. The van der Waals surface area contributed by atoms with E-state index in [1.807, 2.05) is 31.2 Å². The summed E-state index contributed by atoms with van der Waals surface area (Å²) in [5.74, 6) is 1.89. The molecule has 4 rings (SSSR count). The topological polar surface area (TPSA) is 77.2 Å². The molecular formula is C19H18ClN3O3S. The van der Waals surface area contributed by atoms with Crippen LogP contribution in [0, 0.1) is 5.92 Å². The molecule has 1 atom stereocenters. The van der Waals surface area contributed by atoms with E-state index in [4.69, 9.17) is 20.9 Å². The highest BCUT2D eigenvalue weighted by molar-refractivity contribution is 7.15. The molecular weight excluding hydrogens is 386 g/mol. The summed E-state index contributed by atoms with van der Waals surface area (Å²) in [4.78, 5) is 18.1. The lowest BCUT2D eigenvalue weighted by Crippen LogP contribution is -2.23. The summed E-state index contributed by atoms with van der Waals surface area (Å²) in [6.45, 7) is 2.37. The van der Waals surface area contributed by atoms with Crippen LogP contribution in [0.1, 0.15) is 36.6 Å². The van der Waals surface area contributed by atoms with Gasteiger partial charge in [0.1, 0.15) is 5.75 Å². The number of benzene rings is 1. The first-order valence-electron chi connectivity index (χ1n) is 8.71. The van der Waals surface area contributed by atoms with Crippen molar-refractivity contribution in [2.24, 2.45) is 5.92 Å². The van der Waals surface area contributed by atoms with Crippen LogP contribution in [-0.2, 0) is 11.3 Å². The van der Waals surface area contributed by atoms with E-state index >= 15 is 0 Å². The molecule has 0 aliphatic heterocycles. The Morgan fingerprint density at radius 1 is 1.41 bits per heavy atom. The van der Waals surface area contributed by atoms with Crippen molar-refractivity contribution < 1.29 is 14.1 Å². The van der Waals surface area contributed by atoms with Crippen molar-refractivity contribution in [3.63, 3.8) is 0 Å². The average Bonchev–Trinajstić information content (AvgIpc) is 3.19. The normalized spacial score (nSPS) is 14.7. The van der Waals surface area contributed by atoms with Gasteiger partial charge in [-0.05, 0) is 50.1 Å². The lowest BCUT2D eigenvalue weighted by molar-refractivity contribution is -0.122. The minimum atomic E-state index is -0.401. The van der Waals surface area contributed by atoms with Crippen LogP contribution < -0.4 is 10.1 Å². The molecule has 0 spiro atoms. The van der Waals surface area contributed by atoms with Crippen molar-refractivity contribution in [3.8, 4) is 16.5 Å². The summed E-state index contributed by atoms with van der Waals surface area (Å²) in [5.41, 5.74) is 0. The molecule has 1 aromatic carbocycles. The number of nitrogens with zero attached hydrogens (tertiary/aromatic N) is 2. The third-order valence-electron chi connectivity index (χ3n) is 4.17. The molecule has 6 nitrogen and oxygen atoms in total. The van der Waals surface area contributed by atoms with Crippen molar-refractivity contribution in [3.05, 3.63) is 52.2 Å². The first kappa shape index (κ1) is 18.0. The van der Waals surface area contributed by atoms with E-state index in [9.17, 15) is 4.79 Å². The zero-order chi connectivity index (χ0) is 18.8. The molecule has 1 fully saturated rings. The van der Waals surface area contributed by atoms with Gasteiger partial charge in [0.25, 0.3) is 5.89 Å². The van der Waals surface area contributed by atoms with Crippen LogP contribution in [0.25, 0.3) is 10.7 Å². The van der Waals surface area contributed by atoms with E-state index in [1.54, 1.807) is 12.1 Å². The Morgan fingerprint density at radius 2 is 2.26 bits per heavy atom.